The van der Waals surface area contributed by atoms with Crippen LogP contribution in [0.1, 0.15) is 24.8 Å². The highest BCUT2D eigenvalue weighted by Crippen LogP contribution is 2.18. The number of alkyl halides is 3. The summed E-state index contributed by atoms with van der Waals surface area (Å²) >= 11 is 0. The molecule has 30 heavy (non-hydrogen) atoms. The molecule has 0 unspecified atom stereocenters. The van der Waals surface area contributed by atoms with Gasteiger partial charge < -0.3 is 24.4 Å². The van der Waals surface area contributed by atoms with Crippen LogP contribution in [-0.2, 0) is 16.0 Å². The number of ether oxygens (including phenoxy) is 3. The lowest BCUT2D eigenvalue weighted by Gasteiger charge is -2.34. The number of aromatic nitrogens is 1. The number of guanidine groups is 1. The molecule has 0 aromatic carbocycles. The van der Waals surface area contributed by atoms with Crippen molar-refractivity contribution in [2.24, 2.45) is 4.99 Å². The normalized spacial score (nSPS) is 15.6. The zero-order valence-corrected chi connectivity index (χ0v) is 19.6. The monoisotopic (exact) mass is 546 g/mol. The van der Waals surface area contributed by atoms with Gasteiger partial charge in [0.05, 0.1) is 6.10 Å². The SMILES string of the molecule is CN=C(NCc1ccnc(OCC(F)(F)F)c1)N1CCC(OCCCOC)CC1.I. The first-order valence-corrected chi connectivity index (χ1v) is 9.62. The fourth-order valence-corrected chi connectivity index (χ4v) is 3.00. The van der Waals surface area contributed by atoms with Crippen LogP contribution in [0.5, 0.6) is 5.88 Å². The third kappa shape index (κ3) is 10.1. The molecule has 2 rings (SSSR count). The van der Waals surface area contributed by atoms with E-state index in [0.717, 1.165) is 43.9 Å². The zero-order chi connectivity index (χ0) is 21.1. The van der Waals surface area contributed by atoms with Gasteiger partial charge in [0.2, 0.25) is 5.88 Å². The molecule has 1 fully saturated rings. The van der Waals surface area contributed by atoms with Crippen LogP contribution in [0.2, 0.25) is 0 Å². The number of pyridine rings is 1. The van der Waals surface area contributed by atoms with Gasteiger partial charge in [0.15, 0.2) is 12.6 Å². The predicted octanol–water partition coefficient (Wildman–Crippen LogP) is 3.23. The van der Waals surface area contributed by atoms with Crippen molar-refractivity contribution in [3.63, 3.8) is 0 Å². The highest BCUT2D eigenvalue weighted by atomic mass is 127. The molecule has 0 radical (unpaired) electrons. The van der Waals surface area contributed by atoms with Gasteiger partial charge in [0.25, 0.3) is 0 Å². The van der Waals surface area contributed by atoms with E-state index >= 15 is 0 Å². The van der Waals surface area contributed by atoms with Gasteiger partial charge >= 0.3 is 6.18 Å². The fourth-order valence-electron chi connectivity index (χ4n) is 3.00. The van der Waals surface area contributed by atoms with Gasteiger partial charge in [-0.05, 0) is 30.9 Å². The first kappa shape index (κ1) is 26.7. The molecule has 11 heteroatoms. The lowest BCUT2D eigenvalue weighted by atomic mass is 10.1. The predicted molar refractivity (Wildman–Crippen MR) is 118 cm³/mol. The minimum atomic E-state index is -4.39. The number of piperidine rings is 1. The van der Waals surface area contributed by atoms with Crippen molar-refractivity contribution in [2.75, 3.05) is 47.1 Å². The van der Waals surface area contributed by atoms with E-state index in [2.05, 4.69) is 20.2 Å². The molecule has 0 spiro atoms. The molecular formula is C19H30F3IN4O3. The second-order valence-electron chi connectivity index (χ2n) is 6.71. The van der Waals surface area contributed by atoms with E-state index in [9.17, 15) is 13.2 Å². The van der Waals surface area contributed by atoms with E-state index in [4.69, 9.17) is 14.2 Å². The van der Waals surface area contributed by atoms with Gasteiger partial charge in [-0.3, -0.25) is 4.99 Å². The number of methoxy groups -OCH3 is 1. The van der Waals surface area contributed by atoms with Gasteiger partial charge in [-0.25, -0.2) is 4.98 Å². The molecule has 0 saturated carbocycles. The Balaban J connectivity index is 0.00000450. The van der Waals surface area contributed by atoms with Crippen LogP contribution in [0, 0.1) is 0 Å². The van der Waals surface area contributed by atoms with E-state index in [1.807, 2.05) is 0 Å². The van der Waals surface area contributed by atoms with Crippen molar-refractivity contribution in [3.05, 3.63) is 23.9 Å². The van der Waals surface area contributed by atoms with Crippen molar-refractivity contribution in [1.29, 1.82) is 0 Å². The fraction of sp³-hybridized carbons (Fsp3) is 0.684. The number of hydrogen-bond acceptors (Lipinski definition) is 5. The summed E-state index contributed by atoms with van der Waals surface area (Å²) in [5, 5.41) is 3.24. The number of hydrogen-bond donors (Lipinski definition) is 1. The Kier molecular flexibility index (Phi) is 12.3. The van der Waals surface area contributed by atoms with E-state index in [0.29, 0.717) is 19.8 Å². The number of halogens is 4. The molecule has 1 aliphatic heterocycles. The average molecular weight is 546 g/mol. The number of nitrogens with one attached hydrogen (secondary N) is 1. The Bertz CT molecular complexity index is 642. The third-order valence-corrected chi connectivity index (χ3v) is 4.43. The van der Waals surface area contributed by atoms with Crippen molar-refractivity contribution in [3.8, 4) is 5.88 Å². The molecule has 172 valence electrons. The molecule has 7 nitrogen and oxygen atoms in total. The molecule has 1 aromatic rings. The number of rotatable bonds is 9. The standard InChI is InChI=1S/C19H29F3N4O3.HI/c1-23-18(26-8-5-16(6-9-26)28-11-3-10-27-2)25-13-15-4-7-24-17(12-15)29-14-19(20,21)22;/h4,7,12,16H,3,5-6,8-11,13-14H2,1-2H3,(H,23,25);1H. The first-order chi connectivity index (χ1) is 13.9. The van der Waals surface area contributed by atoms with Gasteiger partial charge in [0.1, 0.15) is 0 Å². The van der Waals surface area contributed by atoms with Crippen LogP contribution >= 0.6 is 24.0 Å². The highest BCUT2D eigenvalue weighted by Gasteiger charge is 2.28. The minimum Gasteiger partial charge on any atom is -0.468 e. The second kappa shape index (κ2) is 13.9. The van der Waals surface area contributed by atoms with E-state index in [-0.39, 0.29) is 36.0 Å². The summed E-state index contributed by atoms with van der Waals surface area (Å²) in [6.07, 6.45) is 0.00185. The Morgan fingerprint density at radius 3 is 2.67 bits per heavy atom. The average Bonchev–Trinajstić information content (AvgIpc) is 2.71. The number of aliphatic imine (C=N–C) groups is 1. The largest absolute Gasteiger partial charge is 0.468 e. The van der Waals surface area contributed by atoms with E-state index < -0.39 is 12.8 Å². The van der Waals surface area contributed by atoms with Crippen LogP contribution < -0.4 is 10.1 Å². The maximum atomic E-state index is 12.3. The molecule has 0 bridgehead atoms. The first-order valence-electron chi connectivity index (χ1n) is 9.62. The van der Waals surface area contributed by atoms with Crippen molar-refractivity contribution < 1.29 is 27.4 Å². The number of likely N-dealkylation sites (tertiary alicyclic amines) is 1. The van der Waals surface area contributed by atoms with Crippen LogP contribution in [-0.4, -0.2) is 75.2 Å². The van der Waals surface area contributed by atoms with Crippen LogP contribution in [0.3, 0.4) is 0 Å². The molecule has 0 amide bonds. The van der Waals surface area contributed by atoms with Crippen molar-refractivity contribution >= 4 is 29.9 Å². The quantitative estimate of drug-likeness (QED) is 0.222. The lowest BCUT2D eigenvalue weighted by molar-refractivity contribution is -0.154. The van der Waals surface area contributed by atoms with Crippen LogP contribution in [0.4, 0.5) is 13.2 Å². The summed E-state index contributed by atoms with van der Waals surface area (Å²) in [4.78, 5) is 10.3. The second-order valence-corrected chi connectivity index (χ2v) is 6.71. The topological polar surface area (TPSA) is 68.2 Å². The summed E-state index contributed by atoms with van der Waals surface area (Å²) in [5.74, 6) is 0.695. The highest BCUT2D eigenvalue weighted by molar-refractivity contribution is 14.0. The smallest absolute Gasteiger partial charge is 0.422 e. The maximum Gasteiger partial charge on any atom is 0.422 e. The zero-order valence-electron chi connectivity index (χ0n) is 17.3. The lowest BCUT2D eigenvalue weighted by Crippen LogP contribution is -2.46. The molecule has 2 heterocycles. The van der Waals surface area contributed by atoms with Gasteiger partial charge in [-0.2, -0.15) is 13.2 Å². The Morgan fingerprint density at radius 1 is 1.30 bits per heavy atom. The van der Waals surface area contributed by atoms with Crippen LogP contribution in [0.15, 0.2) is 23.3 Å². The molecule has 1 aromatic heterocycles. The minimum absolute atomic E-state index is 0. The molecule has 1 aliphatic rings. The Hall–Kier alpha value is -1.34. The van der Waals surface area contributed by atoms with E-state index in [1.54, 1.807) is 20.2 Å². The summed E-state index contributed by atoms with van der Waals surface area (Å²) in [6.45, 7) is 2.10. The van der Waals surface area contributed by atoms with Gasteiger partial charge in [-0.15, -0.1) is 24.0 Å². The molecular weight excluding hydrogens is 516 g/mol. The van der Waals surface area contributed by atoms with E-state index in [1.165, 1.54) is 12.3 Å². The Morgan fingerprint density at radius 2 is 2.03 bits per heavy atom. The molecule has 1 saturated heterocycles. The summed E-state index contributed by atoms with van der Waals surface area (Å²) in [5.41, 5.74) is 0.759. The van der Waals surface area contributed by atoms with Crippen molar-refractivity contribution in [1.82, 2.24) is 15.2 Å². The third-order valence-electron chi connectivity index (χ3n) is 4.43. The summed E-state index contributed by atoms with van der Waals surface area (Å²) < 4.78 is 52.4. The molecule has 1 N–H and O–H groups in total. The van der Waals surface area contributed by atoms with Gasteiger partial charge in [0, 0.05) is 59.3 Å². The molecule has 0 atom stereocenters. The van der Waals surface area contributed by atoms with Gasteiger partial charge in [-0.1, -0.05) is 0 Å². The Labute approximate surface area is 192 Å². The number of nitrogens with zero attached hydrogens (tertiary/aromatic N) is 3. The summed E-state index contributed by atoms with van der Waals surface area (Å²) in [6, 6.07) is 3.22. The maximum absolute atomic E-state index is 12.3. The van der Waals surface area contributed by atoms with Crippen molar-refractivity contribution in [2.45, 2.75) is 38.1 Å². The van der Waals surface area contributed by atoms with Crippen LogP contribution in [0.25, 0.3) is 0 Å². The molecule has 0 aliphatic carbocycles. The summed E-state index contributed by atoms with van der Waals surface area (Å²) in [7, 11) is 3.39.